The van der Waals surface area contributed by atoms with E-state index in [1.54, 1.807) is 6.92 Å². The molecule has 0 spiro atoms. The zero-order chi connectivity index (χ0) is 14.4. The van der Waals surface area contributed by atoms with E-state index in [1.165, 1.54) is 0 Å². The molecule has 0 radical (unpaired) electrons. The number of benzene rings is 2. The Morgan fingerprint density at radius 1 is 1.15 bits per heavy atom. The molecule has 0 aromatic heterocycles. The van der Waals surface area contributed by atoms with E-state index in [1.807, 2.05) is 48.5 Å². The second-order valence-corrected chi connectivity index (χ2v) is 4.33. The Morgan fingerprint density at radius 3 is 2.55 bits per heavy atom. The minimum Gasteiger partial charge on any atom is -0.465 e. The monoisotopic (exact) mass is 270 g/mol. The van der Waals surface area contributed by atoms with E-state index in [0.717, 1.165) is 22.5 Å². The zero-order valence-electron chi connectivity index (χ0n) is 11.4. The lowest BCUT2D eigenvalue weighted by Gasteiger charge is -2.12. The van der Waals surface area contributed by atoms with Gasteiger partial charge in [0.25, 0.3) is 0 Å². The predicted molar refractivity (Wildman–Crippen MR) is 81.4 cm³/mol. The van der Waals surface area contributed by atoms with Gasteiger partial charge in [0.15, 0.2) is 0 Å². The quantitative estimate of drug-likeness (QED) is 0.647. The molecule has 0 saturated carbocycles. The van der Waals surface area contributed by atoms with Crippen molar-refractivity contribution in [3.63, 3.8) is 0 Å². The Labute approximate surface area is 118 Å². The number of esters is 1. The largest absolute Gasteiger partial charge is 0.465 e. The van der Waals surface area contributed by atoms with Gasteiger partial charge < -0.3 is 15.8 Å². The first kappa shape index (κ1) is 13.9. The number of nitrogens with two attached hydrogens (primary N) is 1. The van der Waals surface area contributed by atoms with Crippen molar-refractivity contribution >= 4 is 17.3 Å². The van der Waals surface area contributed by atoms with Crippen LogP contribution in [-0.4, -0.2) is 19.1 Å². The smallest absolute Gasteiger partial charge is 0.325 e. The number of nitrogen functional groups attached to an aromatic ring is 1. The Hall–Kier alpha value is -2.49. The number of hydrogen-bond donors (Lipinski definition) is 2. The molecule has 0 bridgehead atoms. The first-order valence-corrected chi connectivity index (χ1v) is 6.55. The van der Waals surface area contributed by atoms with E-state index in [4.69, 9.17) is 10.5 Å². The molecule has 0 aliphatic heterocycles. The number of hydrogen-bond acceptors (Lipinski definition) is 4. The highest BCUT2D eigenvalue weighted by Gasteiger charge is 2.06. The summed E-state index contributed by atoms with van der Waals surface area (Å²) in [6.07, 6.45) is 0. The van der Waals surface area contributed by atoms with Crippen molar-refractivity contribution in [3.05, 3.63) is 48.5 Å². The number of para-hydroxylation sites is 1. The summed E-state index contributed by atoms with van der Waals surface area (Å²) < 4.78 is 4.91. The number of anilines is 2. The third-order valence-electron chi connectivity index (χ3n) is 2.88. The molecular weight excluding hydrogens is 252 g/mol. The van der Waals surface area contributed by atoms with Gasteiger partial charge in [0.2, 0.25) is 0 Å². The lowest BCUT2D eigenvalue weighted by atomic mass is 10.0. The minimum atomic E-state index is -0.264. The number of rotatable bonds is 5. The Bertz CT molecular complexity index is 579. The first-order chi connectivity index (χ1) is 9.70. The van der Waals surface area contributed by atoms with Crippen LogP contribution in [0, 0.1) is 0 Å². The molecule has 0 amide bonds. The van der Waals surface area contributed by atoms with Gasteiger partial charge in [-0.3, -0.25) is 4.79 Å². The van der Waals surface area contributed by atoms with E-state index in [2.05, 4.69) is 5.32 Å². The summed E-state index contributed by atoms with van der Waals surface area (Å²) in [5.41, 5.74) is 9.39. The summed E-state index contributed by atoms with van der Waals surface area (Å²) >= 11 is 0. The van der Waals surface area contributed by atoms with Crippen molar-refractivity contribution in [2.75, 3.05) is 24.2 Å². The van der Waals surface area contributed by atoms with Crippen LogP contribution in [0.4, 0.5) is 11.4 Å². The summed E-state index contributed by atoms with van der Waals surface area (Å²) in [6.45, 7) is 2.33. The molecule has 20 heavy (non-hydrogen) atoms. The lowest BCUT2D eigenvalue weighted by molar-refractivity contribution is -0.140. The highest BCUT2D eigenvalue weighted by Crippen LogP contribution is 2.28. The maximum absolute atomic E-state index is 11.4. The molecule has 0 aliphatic rings. The summed E-state index contributed by atoms with van der Waals surface area (Å²) in [5, 5.41) is 3.11. The molecule has 0 atom stereocenters. The molecule has 0 heterocycles. The molecule has 0 saturated heterocycles. The molecule has 104 valence electrons. The molecule has 2 rings (SSSR count). The number of nitrogens with one attached hydrogen (secondary N) is 1. The molecule has 0 unspecified atom stereocenters. The van der Waals surface area contributed by atoms with Crippen LogP contribution in [0.3, 0.4) is 0 Å². The van der Waals surface area contributed by atoms with Crippen LogP contribution in [0.5, 0.6) is 0 Å². The average Bonchev–Trinajstić information content (AvgIpc) is 2.47. The van der Waals surface area contributed by atoms with E-state index in [0.29, 0.717) is 6.61 Å². The van der Waals surface area contributed by atoms with Gasteiger partial charge in [-0.15, -0.1) is 0 Å². The Kier molecular flexibility index (Phi) is 4.60. The van der Waals surface area contributed by atoms with Crippen molar-refractivity contribution in [2.45, 2.75) is 6.92 Å². The summed E-state index contributed by atoms with van der Waals surface area (Å²) in [5.74, 6) is -0.264. The number of carbonyl (C=O) groups is 1. The van der Waals surface area contributed by atoms with Gasteiger partial charge in [0.05, 0.1) is 6.61 Å². The van der Waals surface area contributed by atoms with Crippen LogP contribution in [-0.2, 0) is 9.53 Å². The minimum absolute atomic E-state index is 0.153. The van der Waals surface area contributed by atoms with Gasteiger partial charge in [-0.25, -0.2) is 0 Å². The fourth-order valence-electron chi connectivity index (χ4n) is 1.93. The van der Waals surface area contributed by atoms with Crippen molar-refractivity contribution in [2.24, 2.45) is 0 Å². The summed E-state index contributed by atoms with van der Waals surface area (Å²) in [7, 11) is 0. The number of ether oxygens (including phenoxy) is 1. The van der Waals surface area contributed by atoms with Gasteiger partial charge in [-0.2, -0.15) is 0 Å². The van der Waals surface area contributed by atoms with E-state index in [9.17, 15) is 4.79 Å². The third kappa shape index (κ3) is 3.51. The number of carbonyl (C=O) groups excluding carboxylic acids is 1. The Balaban J connectivity index is 2.18. The van der Waals surface area contributed by atoms with Crippen LogP contribution in [0.25, 0.3) is 11.1 Å². The predicted octanol–water partition coefficient (Wildman–Crippen LogP) is 2.91. The normalized spacial score (nSPS) is 10.1. The van der Waals surface area contributed by atoms with Gasteiger partial charge in [-0.1, -0.05) is 30.3 Å². The van der Waals surface area contributed by atoms with Crippen molar-refractivity contribution in [3.8, 4) is 11.1 Å². The van der Waals surface area contributed by atoms with Crippen LogP contribution < -0.4 is 11.1 Å². The molecule has 2 aromatic rings. The molecular formula is C16H18N2O2. The fraction of sp³-hybridized carbons (Fsp3) is 0.188. The second-order valence-electron chi connectivity index (χ2n) is 4.33. The molecule has 0 fully saturated rings. The fourth-order valence-corrected chi connectivity index (χ4v) is 1.93. The van der Waals surface area contributed by atoms with Crippen molar-refractivity contribution < 1.29 is 9.53 Å². The van der Waals surface area contributed by atoms with Gasteiger partial charge in [-0.05, 0) is 30.7 Å². The lowest BCUT2D eigenvalue weighted by Crippen LogP contribution is -2.17. The highest BCUT2D eigenvalue weighted by molar-refractivity contribution is 5.82. The molecule has 0 aliphatic carbocycles. The maximum Gasteiger partial charge on any atom is 0.325 e. The van der Waals surface area contributed by atoms with Crippen molar-refractivity contribution in [1.29, 1.82) is 0 Å². The van der Waals surface area contributed by atoms with Crippen LogP contribution in [0.2, 0.25) is 0 Å². The SMILES string of the molecule is CCOC(=O)CNc1ccccc1-c1ccc(N)cc1. The average molecular weight is 270 g/mol. The first-order valence-electron chi connectivity index (χ1n) is 6.55. The molecule has 2 aromatic carbocycles. The van der Waals surface area contributed by atoms with E-state index >= 15 is 0 Å². The van der Waals surface area contributed by atoms with Crippen LogP contribution >= 0.6 is 0 Å². The maximum atomic E-state index is 11.4. The topological polar surface area (TPSA) is 64.3 Å². The van der Waals surface area contributed by atoms with E-state index in [-0.39, 0.29) is 12.5 Å². The van der Waals surface area contributed by atoms with Crippen LogP contribution in [0.1, 0.15) is 6.92 Å². The second kappa shape index (κ2) is 6.61. The van der Waals surface area contributed by atoms with Crippen molar-refractivity contribution in [1.82, 2.24) is 0 Å². The zero-order valence-corrected chi connectivity index (χ0v) is 11.4. The standard InChI is InChI=1S/C16H18N2O2/c1-2-20-16(19)11-18-15-6-4-3-5-14(15)12-7-9-13(17)10-8-12/h3-10,18H,2,11,17H2,1H3. The summed E-state index contributed by atoms with van der Waals surface area (Å²) in [6, 6.07) is 15.5. The third-order valence-corrected chi connectivity index (χ3v) is 2.88. The molecule has 4 nitrogen and oxygen atoms in total. The van der Waals surface area contributed by atoms with Crippen LogP contribution in [0.15, 0.2) is 48.5 Å². The molecule has 4 heteroatoms. The van der Waals surface area contributed by atoms with E-state index < -0.39 is 0 Å². The Morgan fingerprint density at radius 2 is 1.85 bits per heavy atom. The van der Waals surface area contributed by atoms with Gasteiger partial charge in [0.1, 0.15) is 6.54 Å². The summed E-state index contributed by atoms with van der Waals surface area (Å²) in [4.78, 5) is 11.4. The van der Waals surface area contributed by atoms with Gasteiger partial charge >= 0.3 is 5.97 Å². The molecule has 3 N–H and O–H groups in total. The van der Waals surface area contributed by atoms with Gasteiger partial charge in [0, 0.05) is 16.9 Å². The highest BCUT2D eigenvalue weighted by atomic mass is 16.5.